The van der Waals surface area contributed by atoms with Crippen molar-refractivity contribution in [3.05, 3.63) is 24.2 Å². The van der Waals surface area contributed by atoms with Crippen LogP contribution in [0.4, 0.5) is 4.79 Å². The fourth-order valence-electron chi connectivity index (χ4n) is 2.32. The van der Waals surface area contributed by atoms with Gasteiger partial charge in [-0.2, -0.15) is 0 Å². The van der Waals surface area contributed by atoms with Gasteiger partial charge in [0.25, 0.3) is 0 Å². The molecule has 0 spiro atoms. The molecule has 5 nitrogen and oxygen atoms in total. The zero-order valence-electron chi connectivity index (χ0n) is 12.6. The van der Waals surface area contributed by atoms with Crippen molar-refractivity contribution in [2.75, 3.05) is 0 Å². The van der Waals surface area contributed by atoms with Gasteiger partial charge in [0.2, 0.25) is 0 Å². The van der Waals surface area contributed by atoms with Crippen LogP contribution in [0.5, 0.6) is 0 Å². The van der Waals surface area contributed by atoms with E-state index in [1.54, 1.807) is 6.26 Å². The summed E-state index contributed by atoms with van der Waals surface area (Å²) < 4.78 is 10.6. The summed E-state index contributed by atoms with van der Waals surface area (Å²) in [5.41, 5.74) is -0.445. The number of alkyl carbamates (subject to hydrolysis) is 1. The fourth-order valence-corrected chi connectivity index (χ4v) is 2.32. The largest absolute Gasteiger partial charge is 0.468 e. The van der Waals surface area contributed by atoms with Crippen LogP contribution in [0.1, 0.15) is 52.3 Å². The van der Waals surface area contributed by atoms with E-state index in [4.69, 9.17) is 9.15 Å². The Labute approximate surface area is 120 Å². The van der Waals surface area contributed by atoms with E-state index in [0.717, 1.165) is 18.6 Å². The molecule has 20 heavy (non-hydrogen) atoms. The smallest absolute Gasteiger partial charge is 0.407 e. The molecule has 0 bridgehead atoms. The molecule has 1 saturated carbocycles. The van der Waals surface area contributed by atoms with Crippen LogP contribution in [0.3, 0.4) is 0 Å². The Kier molecular flexibility index (Phi) is 4.38. The zero-order valence-corrected chi connectivity index (χ0v) is 12.6. The Bertz CT molecular complexity index is 430. The van der Waals surface area contributed by atoms with Crippen molar-refractivity contribution >= 4 is 6.09 Å². The molecule has 2 rings (SSSR count). The Morgan fingerprint density at radius 2 is 2.10 bits per heavy atom. The van der Waals surface area contributed by atoms with Crippen LogP contribution in [-0.2, 0) is 4.74 Å². The second kappa shape index (κ2) is 5.87. The third kappa shape index (κ3) is 4.27. The minimum absolute atomic E-state index is 0.192. The summed E-state index contributed by atoms with van der Waals surface area (Å²) in [5.74, 6) is 0.938. The van der Waals surface area contributed by atoms with Gasteiger partial charge < -0.3 is 19.8 Å². The third-order valence-electron chi connectivity index (χ3n) is 3.31. The summed E-state index contributed by atoms with van der Waals surface area (Å²) in [4.78, 5) is 11.6. The van der Waals surface area contributed by atoms with Crippen LogP contribution in [0, 0.1) is 0 Å². The number of nitrogens with one attached hydrogen (secondary N) is 2. The number of carbonyl (C=O) groups excluding carboxylic acids is 1. The first-order valence-corrected chi connectivity index (χ1v) is 7.12. The predicted octanol–water partition coefficient (Wildman–Crippen LogP) is 2.99. The third-order valence-corrected chi connectivity index (χ3v) is 3.31. The van der Waals surface area contributed by atoms with Crippen LogP contribution in [0.2, 0.25) is 0 Å². The maximum atomic E-state index is 11.6. The van der Waals surface area contributed by atoms with Crippen molar-refractivity contribution in [3.8, 4) is 0 Å². The molecule has 1 amide bonds. The van der Waals surface area contributed by atoms with Crippen LogP contribution in [0.15, 0.2) is 22.8 Å². The second-order valence-electron chi connectivity index (χ2n) is 6.42. The molecule has 2 N–H and O–H groups in total. The Morgan fingerprint density at radius 1 is 1.40 bits per heavy atom. The van der Waals surface area contributed by atoms with Crippen LogP contribution in [0.25, 0.3) is 0 Å². The number of furan rings is 1. The molecule has 0 radical (unpaired) electrons. The van der Waals surface area contributed by atoms with Crippen molar-refractivity contribution in [2.24, 2.45) is 0 Å². The van der Waals surface area contributed by atoms with Gasteiger partial charge in [-0.3, -0.25) is 0 Å². The summed E-state index contributed by atoms with van der Waals surface area (Å²) >= 11 is 0. The van der Waals surface area contributed by atoms with Crippen LogP contribution >= 0.6 is 0 Å². The van der Waals surface area contributed by atoms with Gasteiger partial charge in [0, 0.05) is 12.1 Å². The molecule has 0 aromatic carbocycles. The van der Waals surface area contributed by atoms with Gasteiger partial charge in [-0.05, 0) is 52.7 Å². The van der Waals surface area contributed by atoms with Crippen LogP contribution in [-0.4, -0.2) is 23.8 Å². The quantitative estimate of drug-likeness (QED) is 0.890. The molecule has 5 heteroatoms. The number of hydrogen-bond acceptors (Lipinski definition) is 4. The van der Waals surface area contributed by atoms with Gasteiger partial charge in [-0.15, -0.1) is 0 Å². The highest BCUT2D eigenvalue weighted by molar-refractivity contribution is 5.68. The first kappa shape index (κ1) is 14.9. The standard InChI is InChI=1S/C15H24N2O3/c1-10(13-6-5-7-19-13)16-11-8-12(9-11)17-14(18)20-15(2,3)4/h5-7,10-12,16H,8-9H2,1-4H3,(H,17,18)/t10-,11?,12?/m1/s1. The van der Waals surface area contributed by atoms with Crippen molar-refractivity contribution in [1.82, 2.24) is 10.6 Å². The molecule has 1 atom stereocenters. The van der Waals surface area contributed by atoms with Crippen molar-refractivity contribution in [3.63, 3.8) is 0 Å². The highest BCUT2D eigenvalue weighted by atomic mass is 16.6. The lowest BCUT2D eigenvalue weighted by atomic mass is 9.86. The van der Waals surface area contributed by atoms with E-state index in [9.17, 15) is 4.79 Å². The van der Waals surface area contributed by atoms with E-state index in [-0.39, 0.29) is 18.2 Å². The summed E-state index contributed by atoms with van der Waals surface area (Å²) in [6.07, 6.45) is 3.19. The predicted molar refractivity (Wildman–Crippen MR) is 76.4 cm³/mol. The molecule has 1 heterocycles. The van der Waals surface area contributed by atoms with Gasteiger partial charge >= 0.3 is 6.09 Å². The number of amides is 1. The van der Waals surface area contributed by atoms with Crippen molar-refractivity contribution in [2.45, 2.75) is 64.3 Å². The summed E-state index contributed by atoms with van der Waals surface area (Å²) in [6.45, 7) is 7.67. The van der Waals surface area contributed by atoms with E-state index < -0.39 is 5.60 Å². The summed E-state index contributed by atoms with van der Waals surface area (Å²) in [5, 5.41) is 6.37. The number of ether oxygens (including phenoxy) is 1. The van der Waals surface area contributed by atoms with E-state index in [2.05, 4.69) is 17.6 Å². The first-order valence-electron chi connectivity index (χ1n) is 7.12. The highest BCUT2D eigenvalue weighted by Gasteiger charge is 2.32. The lowest BCUT2D eigenvalue weighted by Gasteiger charge is -2.38. The van der Waals surface area contributed by atoms with E-state index in [1.165, 1.54) is 0 Å². The lowest BCUT2D eigenvalue weighted by molar-refractivity contribution is 0.0462. The van der Waals surface area contributed by atoms with Gasteiger partial charge in [0.1, 0.15) is 11.4 Å². The lowest BCUT2D eigenvalue weighted by Crippen LogP contribution is -2.53. The molecule has 0 unspecified atom stereocenters. The normalized spacial score (nSPS) is 23.8. The zero-order chi connectivity index (χ0) is 14.8. The van der Waals surface area contributed by atoms with Crippen molar-refractivity contribution in [1.29, 1.82) is 0 Å². The number of hydrogen-bond donors (Lipinski definition) is 2. The van der Waals surface area contributed by atoms with Gasteiger partial charge in [-0.25, -0.2) is 4.79 Å². The molecule has 1 aliphatic rings. The topological polar surface area (TPSA) is 63.5 Å². The average molecular weight is 280 g/mol. The molecule has 1 aromatic rings. The van der Waals surface area contributed by atoms with Crippen LogP contribution < -0.4 is 10.6 Å². The summed E-state index contributed by atoms with van der Waals surface area (Å²) in [6, 6.07) is 4.66. The maximum Gasteiger partial charge on any atom is 0.407 e. The SMILES string of the molecule is C[C@@H](NC1CC(NC(=O)OC(C)(C)C)C1)c1ccco1. The Balaban J connectivity index is 1.66. The van der Waals surface area contributed by atoms with E-state index in [1.807, 2.05) is 32.9 Å². The monoisotopic (exact) mass is 280 g/mol. The second-order valence-corrected chi connectivity index (χ2v) is 6.42. The maximum absolute atomic E-state index is 11.6. The minimum Gasteiger partial charge on any atom is -0.468 e. The molecule has 0 aliphatic heterocycles. The Hall–Kier alpha value is -1.49. The molecule has 112 valence electrons. The molecule has 0 saturated heterocycles. The van der Waals surface area contributed by atoms with Gasteiger partial charge in [0.15, 0.2) is 0 Å². The highest BCUT2D eigenvalue weighted by Crippen LogP contribution is 2.24. The van der Waals surface area contributed by atoms with E-state index >= 15 is 0 Å². The minimum atomic E-state index is -0.445. The first-order chi connectivity index (χ1) is 9.33. The molecule has 1 aliphatic carbocycles. The summed E-state index contributed by atoms with van der Waals surface area (Å²) in [7, 11) is 0. The molecule has 1 aromatic heterocycles. The fraction of sp³-hybridized carbons (Fsp3) is 0.667. The molecular formula is C15H24N2O3. The Morgan fingerprint density at radius 3 is 2.65 bits per heavy atom. The van der Waals surface area contributed by atoms with Gasteiger partial charge in [-0.1, -0.05) is 0 Å². The number of carbonyl (C=O) groups is 1. The van der Waals surface area contributed by atoms with Gasteiger partial charge in [0.05, 0.1) is 12.3 Å². The molecular weight excluding hydrogens is 256 g/mol. The molecule has 1 fully saturated rings. The van der Waals surface area contributed by atoms with Crippen molar-refractivity contribution < 1.29 is 13.9 Å². The number of rotatable bonds is 4. The van der Waals surface area contributed by atoms with E-state index in [0.29, 0.717) is 6.04 Å². The average Bonchev–Trinajstić information content (AvgIpc) is 2.76.